The molecule has 1 fully saturated rings. The van der Waals surface area contributed by atoms with E-state index in [-0.39, 0.29) is 5.91 Å². The second kappa shape index (κ2) is 11.1. The highest BCUT2D eigenvalue weighted by Gasteiger charge is 2.47. The molecule has 0 spiro atoms. The van der Waals surface area contributed by atoms with Crippen LogP contribution in [-0.4, -0.2) is 49.1 Å². The number of methoxy groups -OCH3 is 1. The van der Waals surface area contributed by atoms with Crippen LogP contribution in [0.3, 0.4) is 0 Å². The summed E-state index contributed by atoms with van der Waals surface area (Å²) in [6, 6.07) is 24.1. The van der Waals surface area contributed by atoms with Gasteiger partial charge in [-0.25, -0.2) is 0 Å². The number of halogens is 2. The molecule has 0 unspecified atom stereocenters. The molecule has 6 nitrogen and oxygen atoms in total. The van der Waals surface area contributed by atoms with Crippen molar-refractivity contribution in [1.82, 2.24) is 9.88 Å². The summed E-state index contributed by atoms with van der Waals surface area (Å²) in [6.45, 7) is 3.67. The van der Waals surface area contributed by atoms with Crippen LogP contribution < -0.4 is 9.64 Å². The van der Waals surface area contributed by atoms with E-state index < -0.39 is 11.3 Å². The summed E-state index contributed by atoms with van der Waals surface area (Å²) in [5, 5.41) is 13.7. The van der Waals surface area contributed by atoms with Crippen LogP contribution >= 0.6 is 23.2 Å². The maximum Gasteiger partial charge on any atom is 0.243 e. The van der Waals surface area contributed by atoms with Crippen LogP contribution in [0.2, 0.25) is 10.0 Å². The van der Waals surface area contributed by atoms with Crippen molar-refractivity contribution in [2.45, 2.75) is 12.8 Å². The predicted molar refractivity (Wildman–Crippen MR) is 156 cm³/mol. The number of aromatic nitrogens is 1. The predicted octanol–water partition coefficient (Wildman–Crippen LogP) is 6.56. The number of amides is 1. The number of piperazine rings is 1. The standard InChI is InChI=1S/C31H28Cl2N4O2/c1-31(20-34,30(38)37-16-14-36(15-17-37)29-25(32)18-35-19-26(29)33)28(24-11-5-6-13-27(24)39-2)23-12-7-9-21-8-3-4-10-22(21)23/h3-13,18-19,28H,14-17H2,1-2H3/t28-,31-/m0/s1. The molecule has 1 aliphatic rings. The molecule has 2 heterocycles. The van der Waals surface area contributed by atoms with Crippen molar-refractivity contribution in [3.8, 4) is 11.8 Å². The fourth-order valence-electron chi connectivity index (χ4n) is 5.60. The van der Waals surface area contributed by atoms with Crippen molar-refractivity contribution in [3.05, 3.63) is 100 Å². The fourth-order valence-corrected chi connectivity index (χ4v) is 6.20. The molecule has 4 aromatic rings. The molecule has 1 aromatic heterocycles. The van der Waals surface area contributed by atoms with Gasteiger partial charge >= 0.3 is 0 Å². The van der Waals surface area contributed by atoms with E-state index in [1.165, 1.54) is 0 Å². The number of benzene rings is 3. The van der Waals surface area contributed by atoms with Gasteiger partial charge in [-0.15, -0.1) is 0 Å². The topological polar surface area (TPSA) is 69.5 Å². The highest BCUT2D eigenvalue weighted by Crippen LogP contribution is 2.47. The Balaban J connectivity index is 1.55. The smallest absolute Gasteiger partial charge is 0.243 e. The molecular formula is C31H28Cl2N4O2. The summed E-state index contributed by atoms with van der Waals surface area (Å²) in [4.78, 5) is 22.2. The van der Waals surface area contributed by atoms with E-state index in [0.29, 0.717) is 47.7 Å². The summed E-state index contributed by atoms with van der Waals surface area (Å²) >= 11 is 12.8. The highest BCUT2D eigenvalue weighted by atomic mass is 35.5. The van der Waals surface area contributed by atoms with E-state index in [0.717, 1.165) is 21.9 Å². The molecule has 2 atom stereocenters. The van der Waals surface area contributed by atoms with Crippen molar-refractivity contribution in [3.63, 3.8) is 0 Å². The van der Waals surface area contributed by atoms with E-state index in [9.17, 15) is 10.1 Å². The quantitative estimate of drug-likeness (QED) is 0.268. The Morgan fingerprint density at radius 1 is 0.949 bits per heavy atom. The molecule has 1 amide bonds. The molecule has 0 bridgehead atoms. The minimum atomic E-state index is -1.41. The van der Waals surface area contributed by atoms with Crippen LogP contribution in [0.1, 0.15) is 24.0 Å². The second-order valence-electron chi connectivity index (χ2n) is 9.79. The molecule has 3 aromatic carbocycles. The zero-order valence-electron chi connectivity index (χ0n) is 21.8. The molecule has 8 heteroatoms. The molecule has 0 saturated carbocycles. The van der Waals surface area contributed by atoms with E-state index in [2.05, 4.69) is 16.0 Å². The number of hydrogen-bond acceptors (Lipinski definition) is 5. The lowest BCUT2D eigenvalue weighted by Gasteiger charge is -2.41. The molecule has 1 saturated heterocycles. The molecule has 1 aliphatic heterocycles. The average Bonchev–Trinajstić information content (AvgIpc) is 2.97. The molecule has 0 N–H and O–H groups in total. The van der Waals surface area contributed by atoms with Crippen molar-refractivity contribution in [2.75, 3.05) is 38.2 Å². The van der Waals surface area contributed by atoms with Gasteiger partial charge in [0.2, 0.25) is 5.91 Å². The summed E-state index contributed by atoms with van der Waals surface area (Å²) in [5.41, 5.74) is 1.00. The van der Waals surface area contributed by atoms with Gasteiger partial charge in [-0.2, -0.15) is 5.26 Å². The van der Waals surface area contributed by atoms with Crippen molar-refractivity contribution >= 4 is 45.6 Å². The van der Waals surface area contributed by atoms with Crippen LogP contribution in [0, 0.1) is 16.7 Å². The number of nitrogens with zero attached hydrogens (tertiary/aromatic N) is 4. The zero-order valence-corrected chi connectivity index (χ0v) is 23.3. The van der Waals surface area contributed by atoms with Gasteiger partial charge in [0.15, 0.2) is 0 Å². The van der Waals surface area contributed by atoms with Gasteiger partial charge in [-0.05, 0) is 29.3 Å². The summed E-state index contributed by atoms with van der Waals surface area (Å²) in [6.07, 6.45) is 3.13. The largest absolute Gasteiger partial charge is 0.496 e. The lowest BCUT2D eigenvalue weighted by Crippen LogP contribution is -2.54. The van der Waals surface area contributed by atoms with Crippen molar-refractivity contribution in [2.24, 2.45) is 5.41 Å². The molecule has 5 rings (SSSR count). The SMILES string of the molecule is COc1ccccc1[C@H](c1cccc2ccccc12)[C@](C)(C#N)C(=O)N1CCN(c2c(Cl)cncc2Cl)CC1. The van der Waals surface area contributed by atoms with Crippen molar-refractivity contribution in [1.29, 1.82) is 5.26 Å². The van der Waals surface area contributed by atoms with Crippen LogP contribution in [0.5, 0.6) is 5.75 Å². The normalized spacial score (nSPS) is 15.9. The Kier molecular flexibility index (Phi) is 7.65. The monoisotopic (exact) mass is 558 g/mol. The molecular weight excluding hydrogens is 531 g/mol. The lowest BCUT2D eigenvalue weighted by atomic mass is 9.68. The first-order valence-corrected chi connectivity index (χ1v) is 13.5. The molecule has 0 aliphatic carbocycles. The third kappa shape index (κ3) is 4.89. The number of rotatable bonds is 6. The number of carbonyl (C=O) groups excluding carboxylic acids is 1. The maximum absolute atomic E-state index is 14.3. The van der Waals surface area contributed by atoms with Gasteiger partial charge in [0.25, 0.3) is 0 Å². The van der Waals surface area contributed by atoms with Crippen LogP contribution in [0.4, 0.5) is 5.69 Å². The number of hydrogen-bond donors (Lipinski definition) is 0. The number of nitriles is 1. The minimum Gasteiger partial charge on any atom is -0.496 e. The number of anilines is 1. The van der Waals surface area contributed by atoms with Gasteiger partial charge in [-0.1, -0.05) is 83.9 Å². The van der Waals surface area contributed by atoms with E-state index >= 15 is 0 Å². The highest BCUT2D eigenvalue weighted by molar-refractivity contribution is 6.38. The average molecular weight is 559 g/mol. The van der Waals surface area contributed by atoms with Crippen LogP contribution in [0.25, 0.3) is 10.8 Å². The number of ether oxygens (including phenoxy) is 1. The Bertz CT molecular complexity index is 1540. The van der Waals surface area contributed by atoms with E-state index in [1.807, 2.05) is 66.7 Å². The van der Waals surface area contributed by atoms with E-state index in [4.69, 9.17) is 27.9 Å². The van der Waals surface area contributed by atoms with Gasteiger partial charge in [-0.3, -0.25) is 9.78 Å². The number of para-hydroxylation sites is 1. The first-order chi connectivity index (χ1) is 18.9. The summed E-state index contributed by atoms with van der Waals surface area (Å²) < 4.78 is 5.74. The zero-order chi connectivity index (χ0) is 27.6. The Hall–Kier alpha value is -3.79. The van der Waals surface area contributed by atoms with Crippen molar-refractivity contribution < 1.29 is 9.53 Å². The molecule has 198 valence electrons. The third-order valence-electron chi connectivity index (χ3n) is 7.55. The Morgan fingerprint density at radius 2 is 1.56 bits per heavy atom. The minimum absolute atomic E-state index is 0.222. The molecule has 0 radical (unpaired) electrons. The lowest BCUT2D eigenvalue weighted by molar-refractivity contribution is -0.139. The van der Waals surface area contributed by atoms with Gasteiger partial charge < -0.3 is 14.5 Å². The number of fused-ring (bicyclic) bond motifs is 1. The first-order valence-electron chi connectivity index (χ1n) is 12.7. The third-order valence-corrected chi connectivity index (χ3v) is 8.10. The second-order valence-corrected chi connectivity index (χ2v) is 10.6. The van der Waals surface area contributed by atoms with Crippen LogP contribution in [-0.2, 0) is 4.79 Å². The summed E-state index contributed by atoms with van der Waals surface area (Å²) in [7, 11) is 1.61. The Labute approximate surface area is 238 Å². The van der Waals surface area contributed by atoms with Crippen LogP contribution in [0.15, 0.2) is 79.1 Å². The summed E-state index contributed by atoms with van der Waals surface area (Å²) in [5.74, 6) is -0.156. The number of carbonyl (C=O) groups is 1. The van der Waals surface area contributed by atoms with Gasteiger partial charge in [0.05, 0.1) is 28.9 Å². The maximum atomic E-state index is 14.3. The van der Waals surface area contributed by atoms with Gasteiger partial charge in [0.1, 0.15) is 11.2 Å². The fraction of sp³-hybridized carbons (Fsp3) is 0.258. The Morgan fingerprint density at radius 3 is 2.26 bits per heavy atom. The first kappa shape index (κ1) is 26.8. The van der Waals surface area contributed by atoms with E-state index in [1.54, 1.807) is 31.3 Å². The van der Waals surface area contributed by atoms with Gasteiger partial charge in [0, 0.05) is 50.1 Å². The number of pyridine rings is 1. The molecule has 39 heavy (non-hydrogen) atoms.